The molecule has 1 fully saturated rings. The number of likely N-dealkylation sites (N-methyl/N-ethyl adjacent to an activating group) is 1. The molecule has 10 heteroatoms. The first-order chi connectivity index (χ1) is 21.1. The average Bonchev–Trinajstić information content (AvgIpc) is 3.48. The van der Waals surface area contributed by atoms with E-state index in [1.165, 1.54) is 6.07 Å². The molecule has 0 atom stereocenters. The van der Waals surface area contributed by atoms with Crippen LogP contribution in [0.1, 0.15) is 38.3 Å². The van der Waals surface area contributed by atoms with E-state index in [-0.39, 0.29) is 5.69 Å². The summed E-state index contributed by atoms with van der Waals surface area (Å²) in [5, 5.41) is 6.20. The molecule has 4 aromatic rings. The Morgan fingerprint density at radius 1 is 1.00 bits per heavy atom. The lowest BCUT2D eigenvalue weighted by molar-refractivity contribution is -0.137. The van der Waals surface area contributed by atoms with Crippen LogP contribution in [0.2, 0.25) is 0 Å². The number of halogens is 3. The highest BCUT2D eigenvalue weighted by Gasteiger charge is 2.31. The zero-order valence-electron chi connectivity index (χ0n) is 24.6. The van der Waals surface area contributed by atoms with Gasteiger partial charge in [-0.25, -0.2) is 0 Å². The van der Waals surface area contributed by atoms with Gasteiger partial charge in [0.1, 0.15) is 0 Å². The number of hydrogen-bond acceptors (Lipinski definition) is 6. The lowest BCUT2D eigenvalue weighted by Gasteiger charge is -2.32. The van der Waals surface area contributed by atoms with Crippen LogP contribution in [0.25, 0.3) is 17.3 Å². The molecule has 3 heterocycles. The van der Waals surface area contributed by atoms with E-state index in [1.807, 2.05) is 44.3 Å². The fourth-order valence-electron chi connectivity index (χ4n) is 5.53. The van der Waals surface area contributed by atoms with Gasteiger partial charge in [0, 0.05) is 85.3 Å². The zero-order valence-corrected chi connectivity index (χ0v) is 24.6. The molecule has 6 rings (SSSR count). The third kappa shape index (κ3) is 6.66. The zero-order chi connectivity index (χ0) is 30.8. The monoisotopic (exact) mass is 598 g/mol. The van der Waals surface area contributed by atoms with Crippen molar-refractivity contribution in [2.75, 3.05) is 43.9 Å². The van der Waals surface area contributed by atoms with Gasteiger partial charge in [0.25, 0.3) is 5.91 Å². The molecule has 0 unspecified atom stereocenters. The number of allylic oxidation sites excluding steroid dienone is 1. The summed E-state index contributed by atoms with van der Waals surface area (Å²) in [6.45, 7) is 5.57. The van der Waals surface area contributed by atoms with Crippen molar-refractivity contribution in [3.8, 4) is 11.3 Å². The van der Waals surface area contributed by atoms with E-state index in [4.69, 9.17) is 4.98 Å². The average molecular weight is 599 g/mol. The molecule has 0 saturated carbocycles. The summed E-state index contributed by atoms with van der Waals surface area (Å²) in [4.78, 5) is 26.7. The van der Waals surface area contributed by atoms with Crippen LogP contribution in [0.3, 0.4) is 0 Å². The molecule has 1 saturated heterocycles. The molecule has 44 heavy (non-hydrogen) atoms. The minimum atomic E-state index is -4.54. The van der Waals surface area contributed by atoms with E-state index in [2.05, 4.69) is 31.5 Å². The van der Waals surface area contributed by atoms with Crippen LogP contribution in [0.4, 0.5) is 30.2 Å². The van der Waals surface area contributed by atoms with Crippen molar-refractivity contribution in [3.05, 3.63) is 107 Å². The molecule has 2 N–H and O–H groups in total. The standard InChI is InChI=1S/C34H33F3N6O/c1-22-8-9-24(17-30(22)41-32-19-31(25-5-4-10-38-20-25)40-29-7-3-6-28(29)32)33(44)39-27-16-23(15-26(18-27)34(35,36)37)21-43-13-11-42(2)12-14-43/h3-6,8-10,15-20H,7,11-14,21H2,1-2H3,(H,39,44)(H,40,41). The van der Waals surface area contributed by atoms with Crippen LogP contribution < -0.4 is 10.6 Å². The molecule has 1 aliphatic heterocycles. The van der Waals surface area contributed by atoms with Gasteiger partial charge in [0.05, 0.1) is 17.0 Å². The number of pyridine rings is 2. The van der Waals surface area contributed by atoms with Gasteiger partial charge in [0.2, 0.25) is 0 Å². The van der Waals surface area contributed by atoms with Crippen molar-refractivity contribution in [2.45, 2.75) is 26.1 Å². The summed E-state index contributed by atoms with van der Waals surface area (Å²) in [6, 6.07) is 14.8. The van der Waals surface area contributed by atoms with Gasteiger partial charge in [-0.05, 0) is 73.6 Å². The van der Waals surface area contributed by atoms with Gasteiger partial charge in [-0.1, -0.05) is 18.2 Å². The lowest BCUT2D eigenvalue weighted by atomic mass is 10.1. The molecule has 2 aromatic heterocycles. The van der Waals surface area contributed by atoms with Crippen molar-refractivity contribution in [3.63, 3.8) is 0 Å². The summed E-state index contributed by atoms with van der Waals surface area (Å²) in [5.41, 5.74) is 6.22. The van der Waals surface area contributed by atoms with Crippen LogP contribution in [-0.2, 0) is 19.1 Å². The number of alkyl halides is 3. The third-order valence-corrected chi connectivity index (χ3v) is 8.04. The Balaban J connectivity index is 1.25. The van der Waals surface area contributed by atoms with Crippen LogP contribution in [0, 0.1) is 6.92 Å². The summed E-state index contributed by atoms with van der Waals surface area (Å²) >= 11 is 0. The van der Waals surface area contributed by atoms with E-state index >= 15 is 0 Å². The molecule has 7 nitrogen and oxygen atoms in total. The maximum absolute atomic E-state index is 13.8. The topological polar surface area (TPSA) is 73.4 Å². The van der Waals surface area contributed by atoms with Crippen molar-refractivity contribution in [2.24, 2.45) is 0 Å². The highest BCUT2D eigenvalue weighted by atomic mass is 19.4. The number of fused-ring (bicyclic) bond motifs is 1. The Morgan fingerprint density at radius 3 is 2.57 bits per heavy atom. The Morgan fingerprint density at radius 2 is 1.82 bits per heavy atom. The maximum atomic E-state index is 13.8. The molecular formula is C34H33F3N6O. The summed E-state index contributed by atoms with van der Waals surface area (Å²) in [7, 11) is 2.03. The first kappa shape index (κ1) is 29.5. The number of rotatable bonds is 7. The second-order valence-corrected chi connectivity index (χ2v) is 11.4. The number of hydrogen-bond donors (Lipinski definition) is 2. The highest BCUT2D eigenvalue weighted by molar-refractivity contribution is 6.05. The van der Waals surface area contributed by atoms with Crippen LogP contribution >= 0.6 is 0 Å². The van der Waals surface area contributed by atoms with Gasteiger partial charge < -0.3 is 15.5 Å². The predicted octanol–water partition coefficient (Wildman–Crippen LogP) is 6.78. The van der Waals surface area contributed by atoms with Gasteiger partial charge in [0.15, 0.2) is 0 Å². The summed E-state index contributed by atoms with van der Waals surface area (Å²) < 4.78 is 41.5. The van der Waals surface area contributed by atoms with Gasteiger partial charge in [-0.3, -0.25) is 19.7 Å². The van der Waals surface area contributed by atoms with Crippen LogP contribution in [0.5, 0.6) is 0 Å². The summed E-state index contributed by atoms with van der Waals surface area (Å²) in [5.74, 6) is -0.492. The predicted molar refractivity (Wildman–Crippen MR) is 167 cm³/mol. The molecule has 1 aliphatic carbocycles. The Kier molecular flexibility index (Phi) is 8.20. The van der Waals surface area contributed by atoms with Gasteiger partial charge >= 0.3 is 6.18 Å². The molecule has 2 aromatic carbocycles. The van der Waals surface area contributed by atoms with Gasteiger partial charge in [-0.2, -0.15) is 13.2 Å². The van der Waals surface area contributed by atoms with E-state index in [9.17, 15) is 18.0 Å². The number of anilines is 3. The second kappa shape index (κ2) is 12.2. The van der Waals surface area contributed by atoms with Crippen molar-refractivity contribution >= 4 is 29.0 Å². The first-order valence-electron chi connectivity index (χ1n) is 14.5. The number of amides is 1. The summed E-state index contributed by atoms with van der Waals surface area (Å²) in [6.07, 6.45) is 3.74. The van der Waals surface area contributed by atoms with Crippen molar-refractivity contribution in [1.82, 2.24) is 19.8 Å². The molecular weight excluding hydrogens is 565 g/mol. The Hall–Kier alpha value is -4.54. The number of carbonyl (C=O) groups excluding carboxylic acids is 1. The van der Waals surface area contributed by atoms with Gasteiger partial charge in [-0.15, -0.1) is 0 Å². The number of nitrogens with one attached hydrogen (secondary N) is 2. The Bertz CT molecular complexity index is 1710. The Labute approximate surface area is 254 Å². The number of nitrogens with zero attached hydrogens (tertiary/aromatic N) is 4. The van der Waals surface area contributed by atoms with E-state index in [0.717, 1.165) is 66.0 Å². The molecule has 2 aliphatic rings. The quantitative estimate of drug-likeness (QED) is 0.244. The minimum Gasteiger partial charge on any atom is -0.355 e. The minimum absolute atomic E-state index is 0.113. The molecule has 1 amide bonds. The maximum Gasteiger partial charge on any atom is 0.416 e. The van der Waals surface area contributed by atoms with Crippen LogP contribution in [-0.4, -0.2) is 58.9 Å². The van der Waals surface area contributed by atoms with Crippen LogP contribution in [0.15, 0.2) is 73.1 Å². The SMILES string of the molecule is Cc1ccc(C(=O)Nc2cc(CN3CCN(C)CC3)cc(C(F)(F)F)c2)cc1Nc1cc(-c2cccnc2)nc2c1C=CC2. The smallest absolute Gasteiger partial charge is 0.355 e. The number of aryl methyl sites for hydroxylation is 1. The fraction of sp³-hybridized carbons (Fsp3) is 0.265. The third-order valence-electron chi connectivity index (χ3n) is 8.04. The molecule has 0 bridgehead atoms. The fourth-order valence-corrected chi connectivity index (χ4v) is 5.53. The number of benzene rings is 2. The van der Waals surface area contributed by atoms with Crippen molar-refractivity contribution < 1.29 is 18.0 Å². The van der Waals surface area contributed by atoms with E-state index in [0.29, 0.717) is 29.8 Å². The van der Waals surface area contributed by atoms with Crippen molar-refractivity contribution in [1.29, 1.82) is 0 Å². The lowest BCUT2D eigenvalue weighted by Crippen LogP contribution is -2.43. The molecule has 226 valence electrons. The first-order valence-corrected chi connectivity index (χ1v) is 14.5. The second-order valence-electron chi connectivity index (χ2n) is 11.4. The molecule has 0 radical (unpaired) electrons. The van der Waals surface area contributed by atoms with E-state index < -0.39 is 17.6 Å². The van der Waals surface area contributed by atoms with E-state index in [1.54, 1.807) is 30.6 Å². The number of aromatic nitrogens is 2. The number of carbonyl (C=O) groups is 1. The number of piperazine rings is 1. The highest BCUT2D eigenvalue weighted by Crippen LogP contribution is 2.35. The molecule has 0 spiro atoms. The largest absolute Gasteiger partial charge is 0.416 e. The normalized spacial score (nSPS) is 15.3.